The summed E-state index contributed by atoms with van der Waals surface area (Å²) in [5.41, 5.74) is 0. The second-order valence-electron chi connectivity index (χ2n) is 4.79. The highest BCUT2D eigenvalue weighted by atomic mass is 16.4. The Morgan fingerprint density at radius 2 is 1.72 bits per heavy atom. The molecule has 0 radical (unpaired) electrons. The molecule has 1 amide bonds. The van der Waals surface area contributed by atoms with E-state index >= 15 is 0 Å². The number of amides is 1. The topological polar surface area (TPSA) is 69.6 Å². The second-order valence-corrected chi connectivity index (χ2v) is 4.79. The molecule has 1 heterocycles. The van der Waals surface area contributed by atoms with Gasteiger partial charge < -0.3 is 15.3 Å². The molecular weight excluding hydrogens is 232 g/mol. The average molecular weight is 256 g/mol. The van der Waals surface area contributed by atoms with Gasteiger partial charge in [-0.15, -0.1) is 0 Å². The quantitative estimate of drug-likeness (QED) is 0.609. The summed E-state index contributed by atoms with van der Waals surface area (Å²) >= 11 is 0. The molecule has 0 spiro atoms. The Balaban J connectivity index is 1.86. The molecule has 18 heavy (non-hydrogen) atoms. The number of carbonyl (C=O) groups excluding carboxylic acids is 1. The highest BCUT2D eigenvalue weighted by Crippen LogP contribution is 2.08. The van der Waals surface area contributed by atoms with Crippen molar-refractivity contribution >= 4 is 11.9 Å². The first-order valence-electron chi connectivity index (χ1n) is 6.90. The summed E-state index contributed by atoms with van der Waals surface area (Å²) in [4.78, 5) is 23.9. The monoisotopic (exact) mass is 256 g/mol. The number of nitrogens with one attached hydrogen (secondary N) is 1. The van der Waals surface area contributed by atoms with Gasteiger partial charge in [0, 0.05) is 32.5 Å². The summed E-state index contributed by atoms with van der Waals surface area (Å²) in [5.74, 6) is -0.468. The fourth-order valence-electron chi connectivity index (χ4n) is 2.15. The Morgan fingerprint density at radius 1 is 1.00 bits per heavy atom. The third-order valence-electron chi connectivity index (χ3n) is 3.22. The first-order valence-corrected chi connectivity index (χ1v) is 6.90. The van der Waals surface area contributed by atoms with Crippen molar-refractivity contribution in [2.45, 2.75) is 44.9 Å². The van der Waals surface area contributed by atoms with Gasteiger partial charge in [-0.3, -0.25) is 9.59 Å². The molecule has 1 rings (SSSR count). The third kappa shape index (κ3) is 6.59. The lowest BCUT2D eigenvalue weighted by Gasteiger charge is -2.15. The molecule has 104 valence electrons. The van der Waals surface area contributed by atoms with E-state index in [4.69, 9.17) is 5.11 Å². The fraction of sp³-hybridized carbons (Fsp3) is 0.846. The molecule has 0 bridgehead atoms. The molecule has 0 unspecified atom stereocenters. The maximum Gasteiger partial charge on any atom is 0.303 e. The van der Waals surface area contributed by atoms with Crippen LogP contribution in [0.4, 0.5) is 0 Å². The smallest absolute Gasteiger partial charge is 0.303 e. The van der Waals surface area contributed by atoms with E-state index in [2.05, 4.69) is 5.32 Å². The molecule has 1 aliphatic heterocycles. The first kappa shape index (κ1) is 15.0. The van der Waals surface area contributed by atoms with Crippen LogP contribution in [0.15, 0.2) is 0 Å². The zero-order valence-electron chi connectivity index (χ0n) is 11.0. The molecular formula is C13H24N2O3. The van der Waals surface area contributed by atoms with Gasteiger partial charge in [0.1, 0.15) is 0 Å². The molecule has 0 saturated carbocycles. The van der Waals surface area contributed by atoms with Crippen LogP contribution in [-0.4, -0.2) is 48.1 Å². The Kier molecular flexibility index (Phi) is 7.41. The summed E-state index contributed by atoms with van der Waals surface area (Å²) in [6, 6.07) is 0. The summed E-state index contributed by atoms with van der Waals surface area (Å²) in [7, 11) is 0. The minimum Gasteiger partial charge on any atom is -0.481 e. The summed E-state index contributed by atoms with van der Waals surface area (Å²) in [5, 5.41) is 11.7. The zero-order valence-corrected chi connectivity index (χ0v) is 11.0. The predicted molar refractivity (Wildman–Crippen MR) is 69.4 cm³/mol. The van der Waals surface area contributed by atoms with Gasteiger partial charge in [0.15, 0.2) is 0 Å². The molecule has 5 nitrogen and oxygen atoms in total. The lowest BCUT2D eigenvalue weighted by Crippen LogP contribution is -2.30. The van der Waals surface area contributed by atoms with E-state index in [-0.39, 0.29) is 12.3 Å². The number of carbonyl (C=O) groups is 2. The first-order chi connectivity index (χ1) is 8.70. The lowest BCUT2D eigenvalue weighted by molar-refractivity contribution is -0.137. The van der Waals surface area contributed by atoms with Crippen molar-refractivity contribution in [1.82, 2.24) is 10.2 Å². The largest absolute Gasteiger partial charge is 0.481 e. The second kappa shape index (κ2) is 8.91. The number of hydrogen-bond acceptors (Lipinski definition) is 3. The Bertz CT molecular complexity index is 263. The maximum atomic E-state index is 11.7. The molecule has 1 aliphatic rings. The van der Waals surface area contributed by atoms with Gasteiger partial charge >= 0.3 is 5.97 Å². The number of carboxylic acids is 1. The molecule has 1 saturated heterocycles. The molecule has 1 fully saturated rings. The SMILES string of the molecule is O=C(O)CCCCCNCCC(=O)N1CCCC1. The van der Waals surface area contributed by atoms with Crippen molar-refractivity contribution < 1.29 is 14.7 Å². The van der Waals surface area contributed by atoms with Crippen LogP contribution in [-0.2, 0) is 9.59 Å². The minimum atomic E-state index is -0.723. The number of rotatable bonds is 9. The third-order valence-corrected chi connectivity index (χ3v) is 3.22. The Labute approximate surface area is 109 Å². The van der Waals surface area contributed by atoms with Gasteiger partial charge in [-0.2, -0.15) is 0 Å². The average Bonchev–Trinajstić information content (AvgIpc) is 2.85. The van der Waals surface area contributed by atoms with Crippen LogP contribution in [0.1, 0.15) is 44.9 Å². The number of aliphatic carboxylic acids is 1. The fourth-order valence-corrected chi connectivity index (χ4v) is 2.15. The van der Waals surface area contributed by atoms with Crippen molar-refractivity contribution in [3.05, 3.63) is 0 Å². The van der Waals surface area contributed by atoms with Crippen molar-refractivity contribution in [3.63, 3.8) is 0 Å². The van der Waals surface area contributed by atoms with E-state index in [1.165, 1.54) is 0 Å². The Hall–Kier alpha value is -1.10. The van der Waals surface area contributed by atoms with E-state index in [0.29, 0.717) is 6.42 Å². The number of hydrogen-bond donors (Lipinski definition) is 2. The number of unbranched alkanes of at least 4 members (excludes halogenated alkanes) is 2. The van der Waals surface area contributed by atoms with Gasteiger partial charge in [0.2, 0.25) is 5.91 Å². The normalized spacial score (nSPS) is 15.0. The molecule has 0 aromatic rings. The van der Waals surface area contributed by atoms with Gasteiger partial charge in [-0.05, 0) is 32.2 Å². The summed E-state index contributed by atoms with van der Waals surface area (Å²) < 4.78 is 0. The van der Waals surface area contributed by atoms with Crippen molar-refractivity contribution in [2.75, 3.05) is 26.2 Å². The summed E-state index contributed by atoms with van der Waals surface area (Å²) in [6.45, 7) is 3.45. The molecule has 5 heteroatoms. The lowest BCUT2D eigenvalue weighted by atomic mass is 10.2. The molecule has 0 aromatic carbocycles. The van der Waals surface area contributed by atoms with Crippen LogP contribution in [0.25, 0.3) is 0 Å². The van der Waals surface area contributed by atoms with E-state index in [1.807, 2.05) is 4.90 Å². The van der Waals surface area contributed by atoms with Crippen LogP contribution < -0.4 is 5.32 Å². The van der Waals surface area contributed by atoms with Gasteiger partial charge in [-0.1, -0.05) is 6.42 Å². The van der Waals surface area contributed by atoms with Crippen LogP contribution in [0.5, 0.6) is 0 Å². The summed E-state index contributed by atoms with van der Waals surface area (Å²) in [6.07, 6.45) is 5.77. The standard InChI is InChI=1S/C13H24N2O3/c16-12(15-10-4-5-11-15)7-9-14-8-3-1-2-6-13(17)18/h14H,1-11H2,(H,17,18). The van der Waals surface area contributed by atoms with Crippen LogP contribution in [0.2, 0.25) is 0 Å². The number of likely N-dealkylation sites (tertiary alicyclic amines) is 1. The molecule has 0 atom stereocenters. The zero-order chi connectivity index (χ0) is 13.2. The number of nitrogens with zero attached hydrogens (tertiary/aromatic N) is 1. The van der Waals surface area contributed by atoms with Gasteiger partial charge in [0.25, 0.3) is 0 Å². The van der Waals surface area contributed by atoms with Crippen LogP contribution in [0, 0.1) is 0 Å². The van der Waals surface area contributed by atoms with Gasteiger partial charge in [-0.25, -0.2) is 0 Å². The van der Waals surface area contributed by atoms with Crippen molar-refractivity contribution in [3.8, 4) is 0 Å². The van der Waals surface area contributed by atoms with Crippen LogP contribution >= 0.6 is 0 Å². The molecule has 0 aromatic heterocycles. The highest BCUT2D eigenvalue weighted by molar-refractivity contribution is 5.76. The predicted octanol–water partition coefficient (Wildman–Crippen LogP) is 1.23. The number of carboxylic acid groups (broad SMARTS) is 1. The highest BCUT2D eigenvalue weighted by Gasteiger charge is 2.16. The van der Waals surface area contributed by atoms with Gasteiger partial charge in [0.05, 0.1) is 0 Å². The van der Waals surface area contributed by atoms with E-state index < -0.39 is 5.97 Å². The molecule has 2 N–H and O–H groups in total. The minimum absolute atomic E-state index is 0.255. The van der Waals surface area contributed by atoms with E-state index in [9.17, 15) is 9.59 Å². The Morgan fingerprint density at radius 3 is 2.39 bits per heavy atom. The molecule has 0 aliphatic carbocycles. The van der Waals surface area contributed by atoms with Crippen molar-refractivity contribution in [2.24, 2.45) is 0 Å². The van der Waals surface area contributed by atoms with E-state index in [1.54, 1.807) is 0 Å². The van der Waals surface area contributed by atoms with Crippen molar-refractivity contribution in [1.29, 1.82) is 0 Å². The van der Waals surface area contributed by atoms with Crippen LogP contribution in [0.3, 0.4) is 0 Å². The maximum absolute atomic E-state index is 11.7. The van der Waals surface area contributed by atoms with E-state index in [0.717, 1.165) is 58.3 Å².